The van der Waals surface area contributed by atoms with E-state index < -0.39 is 17.6 Å². The SMILES string of the molecule is COc1ccc(CN2C(=O)c3c(c4c5ccccc5n5c4c4c3c3ccccc3n4C3CC5[C@]4(C3)NC(=O)N(C)C4=O)C2=O)cc1. The van der Waals surface area contributed by atoms with Gasteiger partial charge in [-0.15, -0.1) is 0 Å². The molecule has 3 aliphatic heterocycles. The van der Waals surface area contributed by atoms with E-state index in [9.17, 15) is 19.2 Å². The van der Waals surface area contributed by atoms with Crippen LogP contribution in [0.4, 0.5) is 4.79 Å². The Kier molecular flexibility index (Phi) is 4.65. The number of hydrogen-bond donors (Lipinski definition) is 1. The van der Waals surface area contributed by atoms with E-state index in [-0.39, 0.29) is 30.3 Å². The van der Waals surface area contributed by atoms with Crippen LogP contribution in [0.15, 0.2) is 72.8 Å². The zero-order chi connectivity index (χ0) is 31.2. The maximum absolute atomic E-state index is 14.6. The second kappa shape index (κ2) is 8.33. The number of aromatic nitrogens is 2. The van der Waals surface area contributed by atoms with Gasteiger partial charge in [-0.25, -0.2) is 4.79 Å². The van der Waals surface area contributed by atoms with Crippen molar-refractivity contribution in [1.82, 2.24) is 24.3 Å². The van der Waals surface area contributed by atoms with Gasteiger partial charge in [0, 0.05) is 52.1 Å². The molecule has 2 aromatic heterocycles. The third kappa shape index (κ3) is 2.80. The third-order valence-corrected chi connectivity index (χ3v) is 10.8. The molecule has 1 saturated heterocycles. The van der Waals surface area contributed by atoms with Crippen molar-refractivity contribution in [2.75, 3.05) is 14.2 Å². The molecule has 6 aromatic rings. The summed E-state index contributed by atoms with van der Waals surface area (Å²) in [6, 6.07) is 22.3. The monoisotopic (exact) mass is 609 g/mol. The second-order valence-corrected chi connectivity index (χ2v) is 12.9. The van der Waals surface area contributed by atoms with E-state index in [0.29, 0.717) is 35.1 Å². The summed E-state index contributed by atoms with van der Waals surface area (Å²) in [5.41, 5.74) is 4.01. The van der Waals surface area contributed by atoms with Crippen molar-refractivity contribution >= 4 is 67.4 Å². The number of benzene rings is 4. The number of para-hydroxylation sites is 2. The Balaban J connectivity index is 1.34. The van der Waals surface area contributed by atoms with Crippen LogP contribution in [0.5, 0.6) is 5.75 Å². The quantitative estimate of drug-likeness (QED) is 0.210. The fraction of sp³-hybridized carbons (Fsp3) is 0.222. The molecule has 1 spiro atoms. The summed E-state index contributed by atoms with van der Waals surface area (Å²) in [4.78, 5) is 58.6. The minimum absolute atomic E-state index is 0.123. The molecule has 4 aliphatic rings. The Labute approximate surface area is 261 Å². The Morgan fingerprint density at radius 2 is 1.39 bits per heavy atom. The normalized spacial score (nSPS) is 23.3. The summed E-state index contributed by atoms with van der Waals surface area (Å²) < 4.78 is 9.78. The Morgan fingerprint density at radius 1 is 0.804 bits per heavy atom. The van der Waals surface area contributed by atoms with E-state index in [1.165, 1.54) is 16.8 Å². The third-order valence-electron chi connectivity index (χ3n) is 10.8. The predicted octanol–water partition coefficient (Wildman–Crippen LogP) is 5.52. The number of hydrogen-bond acceptors (Lipinski definition) is 5. The fourth-order valence-corrected chi connectivity index (χ4v) is 8.95. The van der Waals surface area contributed by atoms with E-state index in [2.05, 4.69) is 14.5 Å². The molecule has 1 N–H and O–H groups in total. The molecule has 226 valence electrons. The van der Waals surface area contributed by atoms with Crippen molar-refractivity contribution in [3.05, 3.63) is 89.5 Å². The first kappa shape index (κ1) is 25.7. The van der Waals surface area contributed by atoms with Crippen LogP contribution in [0.3, 0.4) is 0 Å². The number of urea groups is 1. The van der Waals surface area contributed by atoms with E-state index in [1.807, 2.05) is 72.8 Å². The lowest BCUT2D eigenvalue weighted by Gasteiger charge is -2.31. The number of carbonyl (C=O) groups is 4. The average Bonchev–Trinajstić information content (AvgIpc) is 3.79. The van der Waals surface area contributed by atoms with Crippen molar-refractivity contribution in [1.29, 1.82) is 0 Å². The van der Waals surface area contributed by atoms with Gasteiger partial charge in [-0.2, -0.15) is 0 Å². The molecular weight excluding hydrogens is 582 g/mol. The minimum Gasteiger partial charge on any atom is -0.497 e. The van der Waals surface area contributed by atoms with Gasteiger partial charge >= 0.3 is 6.03 Å². The molecule has 1 aliphatic carbocycles. The molecule has 0 radical (unpaired) electrons. The number of carbonyl (C=O) groups excluding carboxylic acids is 4. The van der Waals surface area contributed by atoms with Gasteiger partial charge in [-0.1, -0.05) is 48.5 Å². The molecule has 10 nitrogen and oxygen atoms in total. The molecule has 3 atom stereocenters. The largest absolute Gasteiger partial charge is 0.497 e. The smallest absolute Gasteiger partial charge is 0.324 e. The molecule has 2 fully saturated rings. The summed E-state index contributed by atoms with van der Waals surface area (Å²) in [7, 11) is 3.12. The van der Waals surface area contributed by atoms with Gasteiger partial charge in [0.1, 0.15) is 11.3 Å². The highest BCUT2D eigenvalue weighted by molar-refractivity contribution is 6.39. The maximum Gasteiger partial charge on any atom is 0.324 e. The van der Waals surface area contributed by atoms with Gasteiger partial charge in [0.2, 0.25) is 0 Å². The van der Waals surface area contributed by atoms with Crippen LogP contribution in [0, 0.1) is 0 Å². The number of fused-ring (bicyclic) bond motifs is 14. The van der Waals surface area contributed by atoms with Crippen LogP contribution in [-0.2, 0) is 11.3 Å². The first-order valence-corrected chi connectivity index (χ1v) is 15.4. The minimum atomic E-state index is -1.14. The van der Waals surface area contributed by atoms with Gasteiger partial charge in [-0.3, -0.25) is 24.2 Å². The summed E-state index contributed by atoms with van der Waals surface area (Å²) >= 11 is 0. The number of methoxy groups -OCH3 is 1. The number of nitrogens with one attached hydrogen (secondary N) is 1. The molecule has 10 rings (SSSR count). The van der Waals surface area contributed by atoms with Crippen LogP contribution >= 0.6 is 0 Å². The van der Waals surface area contributed by atoms with E-state index in [1.54, 1.807) is 7.11 Å². The average molecular weight is 610 g/mol. The maximum atomic E-state index is 14.6. The number of rotatable bonds is 3. The number of imide groups is 2. The van der Waals surface area contributed by atoms with Gasteiger partial charge in [0.05, 0.1) is 41.9 Å². The highest BCUT2D eigenvalue weighted by Crippen LogP contribution is 2.58. The van der Waals surface area contributed by atoms with Crippen molar-refractivity contribution in [3.8, 4) is 5.75 Å². The van der Waals surface area contributed by atoms with Crippen molar-refractivity contribution in [2.45, 2.75) is 37.0 Å². The summed E-state index contributed by atoms with van der Waals surface area (Å²) in [6.07, 6.45) is 1.02. The first-order chi connectivity index (χ1) is 22.3. The lowest BCUT2D eigenvalue weighted by Crippen LogP contribution is -2.51. The summed E-state index contributed by atoms with van der Waals surface area (Å²) in [5.74, 6) is -0.208. The highest BCUT2D eigenvalue weighted by Gasteiger charge is 2.62. The number of nitrogens with zero attached hydrogens (tertiary/aromatic N) is 4. The predicted molar refractivity (Wildman–Crippen MR) is 171 cm³/mol. The van der Waals surface area contributed by atoms with Crippen LogP contribution in [0.2, 0.25) is 0 Å². The highest BCUT2D eigenvalue weighted by atomic mass is 16.5. The van der Waals surface area contributed by atoms with E-state index in [0.717, 1.165) is 43.8 Å². The molecule has 10 heteroatoms. The van der Waals surface area contributed by atoms with Gasteiger partial charge in [0.25, 0.3) is 17.7 Å². The summed E-state index contributed by atoms with van der Waals surface area (Å²) in [5, 5.41) is 6.31. The van der Waals surface area contributed by atoms with Crippen LogP contribution in [0.1, 0.15) is 51.2 Å². The molecule has 5 amide bonds. The number of amides is 5. The van der Waals surface area contributed by atoms with Crippen molar-refractivity contribution < 1.29 is 23.9 Å². The fourth-order valence-electron chi connectivity index (χ4n) is 8.95. The molecule has 46 heavy (non-hydrogen) atoms. The Morgan fingerprint density at radius 3 is 1.98 bits per heavy atom. The van der Waals surface area contributed by atoms with E-state index in [4.69, 9.17) is 4.74 Å². The Bertz CT molecular complexity index is 2440. The lowest BCUT2D eigenvalue weighted by molar-refractivity contribution is -0.131. The zero-order valence-corrected chi connectivity index (χ0v) is 25.0. The van der Waals surface area contributed by atoms with E-state index >= 15 is 0 Å². The molecule has 5 heterocycles. The zero-order valence-electron chi connectivity index (χ0n) is 25.0. The second-order valence-electron chi connectivity index (χ2n) is 12.9. The Hall–Kier alpha value is -5.64. The van der Waals surface area contributed by atoms with Gasteiger partial charge in [0.15, 0.2) is 0 Å². The van der Waals surface area contributed by atoms with Crippen LogP contribution < -0.4 is 10.1 Å². The number of likely N-dealkylation sites (N-methyl/N-ethyl adjacent to an activating group) is 1. The molecule has 2 unspecified atom stereocenters. The van der Waals surface area contributed by atoms with Crippen LogP contribution in [-0.4, -0.2) is 62.4 Å². The first-order valence-electron chi connectivity index (χ1n) is 15.4. The summed E-state index contributed by atoms with van der Waals surface area (Å²) in [6.45, 7) is 0.123. The standard InChI is InChI=1S/C36H27N5O5/c1-38-34(44)36(37-35(38)45)16-19-15-25(36)41-24-10-6-4-8-22(24)27-29-28(26-21-7-3-5-9-23(21)40(19)30(26)31(27)41)32(42)39(33(29)43)17-18-11-13-20(46-2)14-12-18/h3-14,19,25H,15-17H2,1-2H3,(H,37,45)/t19?,25?,36-/m0/s1. The van der Waals surface area contributed by atoms with Crippen LogP contribution in [0.25, 0.3) is 43.6 Å². The lowest BCUT2D eigenvalue weighted by atomic mass is 9.91. The molecule has 4 aromatic carbocycles. The molecular formula is C36H27N5O5. The van der Waals surface area contributed by atoms with Crippen molar-refractivity contribution in [2.24, 2.45) is 0 Å². The molecule has 1 saturated carbocycles. The molecule has 2 bridgehead atoms. The van der Waals surface area contributed by atoms with Crippen molar-refractivity contribution in [3.63, 3.8) is 0 Å². The topological polar surface area (TPSA) is 106 Å². The van der Waals surface area contributed by atoms with Gasteiger partial charge < -0.3 is 19.2 Å². The number of ether oxygens (including phenoxy) is 1. The van der Waals surface area contributed by atoms with Gasteiger partial charge in [-0.05, 0) is 36.2 Å².